The van der Waals surface area contributed by atoms with Gasteiger partial charge >= 0.3 is 5.69 Å². The Morgan fingerprint density at radius 2 is 1.80 bits per heavy atom. The number of nitro benzene ring substituents is 1. The van der Waals surface area contributed by atoms with Crippen molar-refractivity contribution >= 4 is 38.8 Å². The zero-order chi connectivity index (χ0) is 21.6. The zero-order valence-electron chi connectivity index (χ0n) is 16.1. The highest BCUT2D eigenvalue weighted by atomic mass is 35.5. The van der Waals surface area contributed by atoms with Crippen LogP contribution in [-0.4, -0.2) is 14.1 Å². The second kappa shape index (κ2) is 7.55. The van der Waals surface area contributed by atoms with Gasteiger partial charge in [-0.25, -0.2) is 9.36 Å². The summed E-state index contributed by atoms with van der Waals surface area (Å²) in [4.78, 5) is 38.8. The maximum Gasteiger partial charge on any atom is 0.337 e. The molecule has 0 bridgehead atoms. The van der Waals surface area contributed by atoms with E-state index in [2.05, 4.69) is 0 Å². The highest BCUT2D eigenvalue weighted by molar-refractivity contribution is 7.18. The van der Waals surface area contributed by atoms with Crippen molar-refractivity contribution in [3.8, 4) is 5.69 Å². The third-order valence-electron chi connectivity index (χ3n) is 5.00. The van der Waals surface area contributed by atoms with E-state index in [1.54, 1.807) is 36.4 Å². The molecule has 0 fully saturated rings. The van der Waals surface area contributed by atoms with Gasteiger partial charge in [0.05, 0.1) is 22.5 Å². The van der Waals surface area contributed by atoms with E-state index in [0.29, 0.717) is 26.5 Å². The molecule has 0 radical (unpaired) electrons. The maximum absolute atomic E-state index is 13.4. The van der Waals surface area contributed by atoms with E-state index in [-0.39, 0.29) is 12.2 Å². The number of fused-ring (bicyclic) bond motifs is 1. The first-order valence-electron chi connectivity index (χ1n) is 9.02. The summed E-state index contributed by atoms with van der Waals surface area (Å²) in [7, 11) is 0. The number of aromatic nitrogens is 2. The average molecular weight is 442 g/mol. The van der Waals surface area contributed by atoms with Crippen molar-refractivity contribution in [2.75, 3.05) is 0 Å². The van der Waals surface area contributed by atoms with E-state index in [4.69, 9.17) is 11.6 Å². The Labute approximate surface area is 179 Å². The lowest BCUT2D eigenvalue weighted by Crippen LogP contribution is -2.38. The van der Waals surface area contributed by atoms with Crippen LogP contribution in [0.3, 0.4) is 0 Å². The van der Waals surface area contributed by atoms with Crippen LogP contribution in [0.5, 0.6) is 0 Å². The van der Waals surface area contributed by atoms with Gasteiger partial charge in [0.15, 0.2) is 0 Å². The van der Waals surface area contributed by atoms with Crippen LogP contribution < -0.4 is 11.2 Å². The molecule has 2 aromatic heterocycles. The Morgan fingerprint density at radius 3 is 2.47 bits per heavy atom. The van der Waals surface area contributed by atoms with Gasteiger partial charge in [-0.2, -0.15) is 0 Å². The molecule has 2 heterocycles. The fourth-order valence-electron chi connectivity index (χ4n) is 3.37. The molecule has 30 heavy (non-hydrogen) atoms. The molecule has 0 aliphatic carbocycles. The summed E-state index contributed by atoms with van der Waals surface area (Å²) in [6.45, 7) is 3.85. The van der Waals surface area contributed by atoms with Crippen LogP contribution in [0.25, 0.3) is 15.9 Å². The number of rotatable bonds is 4. The molecule has 4 aromatic rings. The number of aryl methyl sites for hydroxylation is 2. The predicted octanol–water partition coefficient (Wildman–Crippen LogP) is 4.44. The van der Waals surface area contributed by atoms with Gasteiger partial charge in [-0.15, -0.1) is 11.3 Å². The van der Waals surface area contributed by atoms with Crippen molar-refractivity contribution in [1.82, 2.24) is 9.13 Å². The maximum atomic E-state index is 13.4. The van der Waals surface area contributed by atoms with E-state index in [9.17, 15) is 19.7 Å². The smallest absolute Gasteiger partial charge is 0.279 e. The van der Waals surface area contributed by atoms with Gasteiger partial charge in [0, 0.05) is 22.0 Å². The fourth-order valence-corrected chi connectivity index (χ4v) is 4.63. The number of benzene rings is 2. The topological polar surface area (TPSA) is 87.1 Å². The highest BCUT2D eigenvalue weighted by Crippen LogP contribution is 2.28. The number of thiophene rings is 1. The molecule has 0 spiro atoms. The Morgan fingerprint density at radius 1 is 1.10 bits per heavy atom. The van der Waals surface area contributed by atoms with Crippen molar-refractivity contribution < 1.29 is 4.92 Å². The van der Waals surface area contributed by atoms with Gasteiger partial charge in [0.25, 0.3) is 11.2 Å². The molecule has 2 aromatic carbocycles. The number of hydrogen-bond donors (Lipinski definition) is 0. The van der Waals surface area contributed by atoms with Crippen LogP contribution in [0.15, 0.2) is 58.1 Å². The summed E-state index contributed by atoms with van der Waals surface area (Å²) in [5, 5.41) is 12.1. The van der Waals surface area contributed by atoms with Crippen LogP contribution in [0, 0.1) is 24.0 Å². The van der Waals surface area contributed by atoms with Crippen molar-refractivity contribution in [2.45, 2.75) is 20.4 Å². The largest absolute Gasteiger partial charge is 0.337 e. The number of halogens is 1. The summed E-state index contributed by atoms with van der Waals surface area (Å²) >= 11 is 7.32. The van der Waals surface area contributed by atoms with Gasteiger partial charge < -0.3 is 0 Å². The van der Waals surface area contributed by atoms with Gasteiger partial charge in [0.2, 0.25) is 0 Å². The third kappa shape index (κ3) is 3.34. The van der Waals surface area contributed by atoms with Crippen molar-refractivity contribution in [1.29, 1.82) is 0 Å². The van der Waals surface area contributed by atoms with E-state index in [0.717, 1.165) is 15.0 Å². The fraction of sp³-hybridized carbons (Fsp3) is 0.143. The van der Waals surface area contributed by atoms with Crippen LogP contribution in [0.2, 0.25) is 5.02 Å². The van der Waals surface area contributed by atoms with E-state index in [1.807, 2.05) is 13.8 Å². The minimum atomic E-state index is -0.512. The molecule has 0 saturated heterocycles. The van der Waals surface area contributed by atoms with Crippen LogP contribution in [-0.2, 0) is 6.54 Å². The van der Waals surface area contributed by atoms with Gasteiger partial charge in [-0.3, -0.25) is 19.5 Å². The first-order valence-corrected chi connectivity index (χ1v) is 10.2. The van der Waals surface area contributed by atoms with Crippen LogP contribution >= 0.6 is 22.9 Å². The van der Waals surface area contributed by atoms with Crippen LogP contribution in [0.4, 0.5) is 5.69 Å². The van der Waals surface area contributed by atoms with E-state index >= 15 is 0 Å². The Hall–Kier alpha value is -3.23. The molecule has 9 heteroatoms. The lowest BCUT2D eigenvalue weighted by Gasteiger charge is -2.12. The van der Waals surface area contributed by atoms with E-state index < -0.39 is 16.2 Å². The third-order valence-corrected chi connectivity index (χ3v) is 6.48. The minimum absolute atomic E-state index is 0.0543. The highest BCUT2D eigenvalue weighted by Gasteiger charge is 2.20. The molecule has 0 aliphatic rings. The van der Waals surface area contributed by atoms with Gasteiger partial charge in [0.1, 0.15) is 4.83 Å². The van der Waals surface area contributed by atoms with Crippen LogP contribution in [0.1, 0.15) is 16.0 Å². The summed E-state index contributed by atoms with van der Waals surface area (Å²) in [6.07, 6.45) is 0. The first-order chi connectivity index (χ1) is 14.3. The van der Waals surface area contributed by atoms with Gasteiger partial charge in [-0.05, 0) is 49.2 Å². The molecule has 0 amide bonds. The SMILES string of the molecule is Cc1sc2c(c1C)c(=O)n(-c1ccc(Cl)cc1)c(=O)n2Cc1cccc([N+](=O)[O-])c1. The first kappa shape index (κ1) is 20.1. The molecule has 0 atom stereocenters. The number of nitrogens with zero attached hydrogens (tertiary/aromatic N) is 3. The van der Waals surface area contributed by atoms with Crippen molar-refractivity contribution in [3.63, 3.8) is 0 Å². The predicted molar refractivity (Wildman–Crippen MR) is 118 cm³/mol. The van der Waals surface area contributed by atoms with E-state index in [1.165, 1.54) is 28.0 Å². The molecule has 152 valence electrons. The molecule has 0 N–H and O–H groups in total. The normalized spacial score (nSPS) is 11.2. The molecule has 7 nitrogen and oxygen atoms in total. The summed E-state index contributed by atoms with van der Waals surface area (Å²) in [5.41, 5.74) is 0.860. The molecular formula is C21H16ClN3O4S. The lowest BCUT2D eigenvalue weighted by atomic mass is 10.2. The molecule has 0 saturated carbocycles. The summed E-state index contributed by atoms with van der Waals surface area (Å²) < 4.78 is 2.62. The molecular weight excluding hydrogens is 426 g/mol. The zero-order valence-corrected chi connectivity index (χ0v) is 17.7. The molecule has 4 rings (SSSR count). The minimum Gasteiger partial charge on any atom is -0.279 e. The molecule has 0 aliphatic heterocycles. The number of non-ortho nitro benzene ring substituents is 1. The van der Waals surface area contributed by atoms with Crippen molar-refractivity contribution in [2.24, 2.45) is 0 Å². The Kier molecular flexibility index (Phi) is 5.05. The Bertz CT molecular complexity index is 1420. The second-order valence-electron chi connectivity index (χ2n) is 6.88. The quantitative estimate of drug-likeness (QED) is 0.346. The number of nitro groups is 1. The Balaban J connectivity index is 2.01. The standard InChI is InChI=1S/C21H16ClN3O4S/c1-12-13(2)30-20-18(12)19(26)24(16-8-6-15(22)7-9-16)21(27)23(20)11-14-4-3-5-17(10-14)25(28)29/h3-10H,11H2,1-2H3. The average Bonchev–Trinajstić information content (AvgIpc) is 3.01. The second-order valence-corrected chi connectivity index (χ2v) is 8.52. The summed E-state index contributed by atoms with van der Waals surface area (Å²) in [5.74, 6) is 0. The lowest BCUT2D eigenvalue weighted by molar-refractivity contribution is -0.384. The number of hydrogen-bond acceptors (Lipinski definition) is 5. The molecule has 0 unspecified atom stereocenters. The van der Waals surface area contributed by atoms with Crippen molar-refractivity contribution in [3.05, 3.63) is 101 Å². The monoisotopic (exact) mass is 441 g/mol. The summed E-state index contributed by atoms with van der Waals surface area (Å²) in [6, 6.07) is 12.6. The van der Waals surface area contributed by atoms with Gasteiger partial charge in [-0.1, -0.05) is 23.7 Å².